The van der Waals surface area contributed by atoms with Gasteiger partial charge >= 0.3 is 0 Å². The average Bonchev–Trinajstić information content (AvgIpc) is 3.22. The van der Waals surface area contributed by atoms with Gasteiger partial charge in [-0.2, -0.15) is 0 Å². The number of hydrogen-bond acceptors (Lipinski definition) is 3. The predicted molar refractivity (Wildman–Crippen MR) is 118 cm³/mol. The van der Waals surface area contributed by atoms with Crippen molar-refractivity contribution >= 4 is 23.5 Å². The fourth-order valence-corrected chi connectivity index (χ4v) is 3.59. The van der Waals surface area contributed by atoms with Crippen LogP contribution in [-0.2, 0) is 6.61 Å². The van der Waals surface area contributed by atoms with Gasteiger partial charge in [-0.3, -0.25) is 0 Å². The second kappa shape index (κ2) is 8.68. The average molecular weight is 384 g/mol. The van der Waals surface area contributed by atoms with Crippen LogP contribution in [0.25, 0.3) is 23.4 Å². The molecule has 0 saturated carbocycles. The molecule has 28 heavy (non-hydrogen) atoms. The lowest BCUT2D eigenvalue weighted by molar-refractivity contribution is 0.305. The van der Waals surface area contributed by atoms with Crippen LogP contribution in [-0.4, -0.2) is 4.98 Å². The Balaban J connectivity index is 1.48. The summed E-state index contributed by atoms with van der Waals surface area (Å²) < 4.78 is 6.03. The molecule has 0 aliphatic heterocycles. The molecule has 0 aliphatic rings. The van der Waals surface area contributed by atoms with Gasteiger partial charge in [0.25, 0.3) is 0 Å². The van der Waals surface area contributed by atoms with Crippen LogP contribution in [0.2, 0.25) is 0 Å². The summed E-state index contributed by atoms with van der Waals surface area (Å²) >= 11 is 1.65. The van der Waals surface area contributed by atoms with Crippen LogP contribution < -0.4 is 4.74 Å². The Morgan fingerprint density at radius 3 is 2.43 bits per heavy atom. The number of aryl methyl sites for hydroxylation is 1. The molecule has 0 N–H and O–H groups in total. The third kappa shape index (κ3) is 4.56. The van der Waals surface area contributed by atoms with Crippen molar-refractivity contribution in [3.05, 3.63) is 106 Å². The van der Waals surface area contributed by atoms with Gasteiger partial charge in [0.15, 0.2) is 0 Å². The van der Waals surface area contributed by atoms with Crippen LogP contribution in [0.5, 0.6) is 5.75 Å². The highest BCUT2D eigenvalue weighted by Gasteiger charge is 2.04. The molecule has 2 nitrogen and oxygen atoms in total. The molecule has 4 rings (SSSR count). The summed E-state index contributed by atoms with van der Waals surface area (Å²) in [6.45, 7) is 2.65. The van der Waals surface area contributed by atoms with E-state index in [9.17, 15) is 0 Å². The molecule has 1 heterocycles. The Morgan fingerprint density at radius 2 is 1.61 bits per heavy atom. The monoisotopic (exact) mass is 383 g/mol. The first-order valence-corrected chi connectivity index (χ1v) is 10.1. The lowest BCUT2D eigenvalue weighted by atomic mass is 10.1. The number of rotatable bonds is 6. The van der Waals surface area contributed by atoms with Crippen LogP contribution in [0, 0.1) is 6.92 Å². The quantitative estimate of drug-likeness (QED) is 0.362. The number of ether oxygens (including phenoxy) is 1. The van der Waals surface area contributed by atoms with Crippen LogP contribution in [0.15, 0.2) is 84.2 Å². The molecule has 0 saturated heterocycles. The summed E-state index contributed by atoms with van der Waals surface area (Å²) in [6.07, 6.45) is 4.12. The molecular weight excluding hydrogens is 362 g/mol. The summed E-state index contributed by atoms with van der Waals surface area (Å²) in [5.41, 5.74) is 5.62. The molecule has 3 aromatic carbocycles. The van der Waals surface area contributed by atoms with Gasteiger partial charge in [-0.1, -0.05) is 78.4 Å². The summed E-state index contributed by atoms with van der Waals surface area (Å²) in [5.74, 6) is 0.873. The predicted octanol–water partition coefficient (Wildman–Crippen LogP) is 6.87. The molecule has 4 aromatic rings. The highest BCUT2D eigenvalue weighted by molar-refractivity contribution is 7.10. The largest absolute Gasteiger partial charge is 0.488 e. The van der Waals surface area contributed by atoms with Gasteiger partial charge < -0.3 is 4.74 Å². The zero-order chi connectivity index (χ0) is 19.2. The molecule has 0 amide bonds. The standard InChI is InChI=1S/C25H21NOS/c1-19-11-13-21(14-12-19)23-18-28-25(26-23)16-15-22-9-5-6-10-24(22)27-17-20-7-3-2-4-8-20/h2-16,18H,17H2,1H3. The Kier molecular flexibility index (Phi) is 5.64. The molecule has 3 heteroatoms. The number of nitrogens with zero attached hydrogens (tertiary/aromatic N) is 1. The van der Waals surface area contributed by atoms with Crippen molar-refractivity contribution in [1.29, 1.82) is 0 Å². The fraction of sp³-hybridized carbons (Fsp3) is 0.0800. The van der Waals surface area contributed by atoms with Gasteiger partial charge in [-0.15, -0.1) is 11.3 Å². The molecule has 1 aromatic heterocycles. The highest BCUT2D eigenvalue weighted by Crippen LogP contribution is 2.25. The van der Waals surface area contributed by atoms with E-state index in [2.05, 4.69) is 60.8 Å². The van der Waals surface area contributed by atoms with Gasteiger partial charge in [-0.05, 0) is 30.7 Å². The zero-order valence-electron chi connectivity index (χ0n) is 15.7. The molecule has 138 valence electrons. The Bertz CT molecular complexity index is 1070. The van der Waals surface area contributed by atoms with Gasteiger partial charge in [0.05, 0.1) is 5.69 Å². The van der Waals surface area contributed by atoms with E-state index in [1.807, 2.05) is 42.5 Å². The Hall–Kier alpha value is -3.17. The van der Waals surface area contributed by atoms with Crippen molar-refractivity contribution in [2.24, 2.45) is 0 Å². The maximum atomic E-state index is 6.03. The number of benzene rings is 3. The first kappa shape index (κ1) is 18.2. The number of thiazole rings is 1. The molecule has 0 bridgehead atoms. The Morgan fingerprint density at radius 1 is 0.857 bits per heavy atom. The molecular formula is C25H21NOS. The van der Waals surface area contributed by atoms with Gasteiger partial charge in [0.1, 0.15) is 17.4 Å². The minimum atomic E-state index is 0.556. The summed E-state index contributed by atoms with van der Waals surface area (Å²) in [4.78, 5) is 4.74. The van der Waals surface area contributed by atoms with E-state index >= 15 is 0 Å². The van der Waals surface area contributed by atoms with E-state index < -0.39 is 0 Å². The first-order chi connectivity index (χ1) is 13.8. The van der Waals surface area contributed by atoms with Crippen LogP contribution >= 0.6 is 11.3 Å². The first-order valence-electron chi connectivity index (χ1n) is 9.24. The van der Waals surface area contributed by atoms with Crippen LogP contribution in [0.3, 0.4) is 0 Å². The maximum Gasteiger partial charge on any atom is 0.127 e. The lowest BCUT2D eigenvalue weighted by Crippen LogP contribution is -1.96. The SMILES string of the molecule is Cc1ccc(-c2csc(C=Cc3ccccc3OCc3ccccc3)n2)cc1. The summed E-state index contributed by atoms with van der Waals surface area (Å²) in [7, 11) is 0. The minimum Gasteiger partial charge on any atom is -0.488 e. The zero-order valence-corrected chi connectivity index (χ0v) is 16.5. The normalized spacial score (nSPS) is 11.0. The van der Waals surface area contributed by atoms with E-state index in [-0.39, 0.29) is 0 Å². The van der Waals surface area contributed by atoms with Crippen molar-refractivity contribution in [2.45, 2.75) is 13.5 Å². The maximum absolute atomic E-state index is 6.03. The summed E-state index contributed by atoms with van der Waals surface area (Å²) in [5, 5.41) is 3.08. The van der Waals surface area contributed by atoms with E-state index in [1.165, 1.54) is 5.56 Å². The Labute approximate surface area is 169 Å². The fourth-order valence-electron chi connectivity index (χ4n) is 2.87. The molecule has 0 aliphatic carbocycles. The molecule has 0 radical (unpaired) electrons. The van der Waals surface area contributed by atoms with E-state index in [0.717, 1.165) is 33.1 Å². The van der Waals surface area contributed by atoms with E-state index in [1.54, 1.807) is 11.3 Å². The van der Waals surface area contributed by atoms with Gasteiger partial charge in [0.2, 0.25) is 0 Å². The third-order valence-corrected chi connectivity index (χ3v) is 5.24. The van der Waals surface area contributed by atoms with Crippen LogP contribution in [0.4, 0.5) is 0 Å². The number of para-hydroxylation sites is 1. The van der Waals surface area contributed by atoms with E-state index in [0.29, 0.717) is 6.61 Å². The van der Waals surface area contributed by atoms with Crippen molar-refractivity contribution < 1.29 is 4.74 Å². The number of hydrogen-bond donors (Lipinski definition) is 0. The minimum absolute atomic E-state index is 0.556. The van der Waals surface area contributed by atoms with Crippen molar-refractivity contribution in [3.8, 4) is 17.0 Å². The number of aromatic nitrogens is 1. The molecule has 0 atom stereocenters. The third-order valence-electron chi connectivity index (χ3n) is 4.43. The molecule has 0 spiro atoms. The van der Waals surface area contributed by atoms with Crippen molar-refractivity contribution in [1.82, 2.24) is 4.98 Å². The van der Waals surface area contributed by atoms with Crippen molar-refractivity contribution in [3.63, 3.8) is 0 Å². The van der Waals surface area contributed by atoms with E-state index in [4.69, 9.17) is 9.72 Å². The second-order valence-corrected chi connectivity index (χ2v) is 7.47. The molecule has 0 unspecified atom stereocenters. The highest BCUT2D eigenvalue weighted by atomic mass is 32.1. The van der Waals surface area contributed by atoms with Gasteiger partial charge in [-0.25, -0.2) is 4.98 Å². The second-order valence-electron chi connectivity index (χ2n) is 6.58. The lowest BCUT2D eigenvalue weighted by Gasteiger charge is -2.09. The smallest absolute Gasteiger partial charge is 0.127 e. The van der Waals surface area contributed by atoms with Crippen molar-refractivity contribution in [2.75, 3.05) is 0 Å². The summed E-state index contributed by atoms with van der Waals surface area (Å²) in [6, 6.07) is 26.8. The van der Waals surface area contributed by atoms with Crippen LogP contribution in [0.1, 0.15) is 21.7 Å². The topological polar surface area (TPSA) is 22.1 Å². The van der Waals surface area contributed by atoms with Gasteiger partial charge in [0, 0.05) is 16.5 Å². The molecule has 0 fully saturated rings.